The fraction of sp³-hybridized carbons (Fsp3) is 0.545. The number of halogens is 2. The molecule has 0 aliphatic carbocycles. The monoisotopic (exact) mass is 303 g/mol. The van der Waals surface area contributed by atoms with Crippen LogP contribution in [0.3, 0.4) is 0 Å². The van der Waals surface area contributed by atoms with Gasteiger partial charge in [-0.1, -0.05) is 11.6 Å². The molecule has 1 aliphatic rings. The molecule has 16 heavy (non-hydrogen) atoms. The first-order valence-corrected chi connectivity index (χ1v) is 6.56. The number of hydrogen-bond donors (Lipinski definition) is 1. The Kier molecular flexibility index (Phi) is 3.72. The number of pyridine rings is 1. The van der Waals surface area contributed by atoms with Crippen LogP contribution in [-0.4, -0.2) is 24.1 Å². The molecule has 1 fully saturated rings. The average molecular weight is 305 g/mol. The number of anilines is 1. The minimum absolute atomic E-state index is 0.235. The van der Waals surface area contributed by atoms with Crippen LogP contribution in [0.5, 0.6) is 0 Å². The smallest absolute Gasteiger partial charge is 0.147 e. The van der Waals surface area contributed by atoms with Crippen LogP contribution in [0.2, 0.25) is 5.02 Å². The lowest BCUT2D eigenvalue weighted by molar-refractivity contribution is 0.488. The number of rotatable bonds is 2. The summed E-state index contributed by atoms with van der Waals surface area (Å²) >= 11 is 9.53. The number of hydrogen-bond acceptors (Lipinski definition) is 3. The van der Waals surface area contributed by atoms with E-state index in [-0.39, 0.29) is 6.04 Å². The zero-order valence-electron chi connectivity index (χ0n) is 9.16. The first-order chi connectivity index (χ1) is 7.58. The second-order valence-electron chi connectivity index (χ2n) is 4.31. The van der Waals surface area contributed by atoms with Gasteiger partial charge in [0.1, 0.15) is 5.82 Å². The molecule has 88 valence electrons. The molecule has 2 heterocycles. The zero-order valence-corrected chi connectivity index (χ0v) is 11.5. The average Bonchev–Trinajstić information content (AvgIpc) is 2.66. The van der Waals surface area contributed by atoms with E-state index in [2.05, 4.69) is 32.7 Å². The lowest BCUT2D eigenvalue weighted by Crippen LogP contribution is -2.30. The summed E-state index contributed by atoms with van der Waals surface area (Å²) in [6.45, 7) is 4.00. The number of nitrogens with two attached hydrogens (primary N) is 1. The highest BCUT2D eigenvalue weighted by Crippen LogP contribution is 2.30. The Bertz CT molecular complexity index is 383. The van der Waals surface area contributed by atoms with Crippen LogP contribution in [0, 0.1) is 5.92 Å². The van der Waals surface area contributed by atoms with Crippen LogP contribution in [-0.2, 0) is 0 Å². The SMILES string of the molecule is CC(N)C1CCN(c2ncc(Br)cc2Cl)C1. The van der Waals surface area contributed by atoms with Crippen molar-refractivity contribution in [3.8, 4) is 0 Å². The van der Waals surface area contributed by atoms with Crippen molar-refractivity contribution in [1.29, 1.82) is 0 Å². The second-order valence-corrected chi connectivity index (χ2v) is 5.64. The topological polar surface area (TPSA) is 42.1 Å². The molecule has 0 spiro atoms. The molecular formula is C11H15BrClN3. The van der Waals surface area contributed by atoms with Crippen LogP contribution in [0.1, 0.15) is 13.3 Å². The van der Waals surface area contributed by atoms with E-state index in [1.54, 1.807) is 6.20 Å². The summed E-state index contributed by atoms with van der Waals surface area (Å²) in [7, 11) is 0. The maximum atomic E-state index is 6.17. The lowest BCUT2D eigenvalue weighted by atomic mass is 10.0. The summed E-state index contributed by atoms with van der Waals surface area (Å²) < 4.78 is 0.907. The zero-order chi connectivity index (χ0) is 11.7. The summed E-state index contributed by atoms with van der Waals surface area (Å²) in [5, 5.41) is 0.694. The normalized spacial score (nSPS) is 22.5. The van der Waals surface area contributed by atoms with Crippen molar-refractivity contribution >= 4 is 33.3 Å². The van der Waals surface area contributed by atoms with Crippen molar-refractivity contribution in [3.05, 3.63) is 21.8 Å². The van der Waals surface area contributed by atoms with Crippen LogP contribution in [0.25, 0.3) is 0 Å². The molecule has 5 heteroatoms. The molecular weight excluding hydrogens is 289 g/mol. The van der Waals surface area contributed by atoms with E-state index in [0.29, 0.717) is 10.9 Å². The van der Waals surface area contributed by atoms with E-state index < -0.39 is 0 Å². The van der Waals surface area contributed by atoms with Gasteiger partial charge in [0.2, 0.25) is 0 Å². The van der Waals surface area contributed by atoms with Gasteiger partial charge in [0, 0.05) is 29.8 Å². The Morgan fingerprint density at radius 1 is 1.69 bits per heavy atom. The minimum Gasteiger partial charge on any atom is -0.355 e. The fourth-order valence-electron chi connectivity index (χ4n) is 2.05. The highest BCUT2D eigenvalue weighted by atomic mass is 79.9. The van der Waals surface area contributed by atoms with E-state index in [1.165, 1.54) is 0 Å². The molecule has 0 aromatic carbocycles. The van der Waals surface area contributed by atoms with Crippen molar-refractivity contribution in [1.82, 2.24) is 4.98 Å². The second kappa shape index (κ2) is 4.90. The molecule has 0 amide bonds. The van der Waals surface area contributed by atoms with Gasteiger partial charge in [0.05, 0.1) is 5.02 Å². The lowest BCUT2D eigenvalue weighted by Gasteiger charge is -2.20. The molecule has 1 aromatic rings. The van der Waals surface area contributed by atoms with Gasteiger partial charge in [-0.3, -0.25) is 0 Å². The van der Waals surface area contributed by atoms with E-state index in [4.69, 9.17) is 17.3 Å². The number of aromatic nitrogens is 1. The molecule has 1 aliphatic heterocycles. The number of nitrogens with zero attached hydrogens (tertiary/aromatic N) is 2. The maximum Gasteiger partial charge on any atom is 0.147 e. The highest BCUT2D eigenvalue weighted by Gasteiger charge is 2.27. The third kappa shape index (κ3) is 2.50. The third-order valence-electron chi connectivity index (χ3n) is 3.06. The van der Waals surface area contributed by atoms with E-state index >= 15 is 0 Å². The van der Waals surface area contributed by atoms with Gasteiger partial charge >= 0.3 is 0 Å². The van der Waals surface area contributed by atoms with Gasteiger partial charge in [-0.25, -0.2) is 4.98 Å². The highest BCUT2D eigenvalue weighted by molar-refractivity contribution is 9.10. The summed E-state index contributed by atoms with van der Waals surface area (Å²) in [5.41, 5.74) is 5.91. The Hall–Kier alpha value is -0.320. The van der Waals surface area contributed by atoms with Gasteiger partial charge in [-0.15, -0.1) is 0 Å². The van der Waals surface area contributed by atoms with E-state index in [9.17, 15) is 0 Å². The van der Waals surface area contributed by atoms with Gasteiger partial charge in [0.15, 0.2) is 0 Å². The van der Waals surface area contributed by atoms with Crippen LogP contribution < -0.4 is 10.6 Å². The molecule has 0 saturated carbocycles. The van der Waals surface area contributed by atoms with Crippen molar-refractivity contribution in [2.75, 3.05) is 18.0 Å². The Morgan fingerprint density at radius 2 is 2.44 bits per heavy atom. The predicted molar refractivity (Wildman–Crippen MR) is 70.9 cm³/mol. The quantitative estimate of drug-likeness (QED) is 0.913. The Morgan fingerprint density at radius 3 is 3.00 bits per heavy atom. The molecule has 2 N–H and O–H groups in total. The first-order valence-electron chi connectivity index (χ1n) is 5.39. The van der Waals surface area contributed by atoms with Crippen molar-refractivity contribution in [2.24, 2.45) is 11.7 Å². The van der Waals surface area contributed by atoms with Gasteiger partial charge in [0.25, 0.3) is 0 Å². The largest absolute Gasteiger partial charge is 0.355 e. The predicted octanol–water partition coefficient (Wildman–Crippen LogP) is 2.67. The summed E-state index contributed by atoms with van der Waals surface area (Å²) in [6.07, 6.45) is 2.89. The molecule has 1 aromatic heterocycles. The third-order valence-corrected chi connectivity index (χ3v) is 3.77. The van der Waals surface area contributed by atoms with E-state index in [0.717, 1.165) is 29.8 Å². The summed E-state index contributed by atoms with van der Waals surface area (Å²) in [4.78, 5) is 6.57. The fourth-order valence-corrected chi connectivity index (χ4v) is 2.80. The summed E-state index contributed by atoms with van der Waals surface area (Å²) in [6, 6.07) is 2.11. The molecule has 0 bridgehead atoms. The molecule has 3 nitrogen and oxygen atoms in total. The molecule has 2 atom stereocenters. The Balaban J connectivity index is 2.14. The van der Waals surface area contributed by atoms with Crippen LogP contribution >= 0.6 is 27.5 Å². The first kappa shape index (κ1) is 12.1. The standard InChI is InChI=1S/C11H15BrClN3/c1-7(14)8-2-3-16(6-8)11-10(13)4-9(12)5-15-11/h4-5,7-8H,2-3,6,14H2,1H3. The molecule has 0 radical (unpaired) electrons. The van der Waals surface area contributed by atoms with Gasteiger partial charge < -0.3 is 10.6 Å². The molecule has 1 saturated heterocycles. The molecule has 2 rings (SSSR count). The van der Waals surface area contributed by atoms with Gasteiger partial charge in [-0.05, 0) is 41.3 Å². The van der Waals surface area contributed by atoms with Crippen LogP contribution in [0.15, 0.2) is 16.7 Å². The molecule has 2 unspecified atom stereocenters. The van der Waals surface area contributed by atoms with Crippen LogP contribution in [0.4, 0.5) is 5.82 Å². The Labute approximate surface area is 109 Å². The summed E-state index contributed by atoms with van der Waals surface area (Å²) in [5.74, 6) is 1.41. The minimum atomic E-state index is 0.235. The van der Waals surface area contributed by atoms with Crippen molar-refractivity contribution in [2.45, 2.75) is 19.4 Å². The van der Waals surface area contributed by atoms with Crippen molar-refractivity contribution < 1.29 is 0 Å². The van der Waals surface area contributed by atoms with Crippen molar-refractivity contribution in [3.63, 3.8) is 0 Å². The maximum absolute atomic E-state index is 6.17. The van der Waals surface area contributed by atoms with Gasteiger partial charge in [-0.2, -0.15) is 0 Å². The van der Waals surface area contributed by atoms with E-state index in [1.807, 2.05) is 6.07 Å².